The molecular weight excluding hydrogens is 406 g/mol. The van der Waals surface area contributed by atoms with Gasteiger partial charge in [-0.15, -0.1) is 11.8 Å². The number of halogens is 1. The number of esters is 1. The number of aromatic amines is 1. The second-order valence-electron chi connectivity index (χ2n) is 5.51. The smallest absolute Gasteiger partial charge is 0.316 e. The van der Waals surface area contributed by atoms with Crippen molar-refractivity contribution in [1.29, 1.82) is 0 Å². The van der Waals surface area contributed by atoms with Gasteiger partial charge in [0.05, 0.1) is 11.4 Å². The Hall–Kier alpha value is -1.86. The summed E-state index contributed by atoms with van der Waals surface area (Å²) in [5.74, 6) is -0.798. The fraction of sp³-hybridized carbons (Fsp3) is 0.278. The number of ketones is 2. The number of rotatable bonds is 7. The van der Waals surface area contributed by atoms with Gasteiger partial charge >= 0.3 is 5.97 Å². The van der Waals surface area contributed by atoms with Crippen LogP contribution in [0.25, 0.3) is 0 Å². The molecule has 0 spiro atoms. The van der Waals surface area contributed by atoms with Crippen LogP contribution in [0.5, 0.6) is 0 Å². The van der Waals surface area contributed by atoms with Crippen LogP contribution in [0.3, 0.4) is 0 Å². The molecule has 25 heavy (non-hydrogen) atoms. The predicted molar refractivity (Wildman–Crippen MR) is 100 cm³/mol. The van der Waals surface area contributed by atoms with E-state index in [0.29, 0.717) is 22.5 Å². The molecule has 1 heterocycles. The van der Waals surface area contributed by atoms with Gasteiger partial charge in [-0.3, -0.25) is 14.4 Å². The van der Waals surface area contributed by atoms with Gasteiger partial charge in [-0.2, -0.15) is 0 Å². The van der Waals surface area contributed by atoms with Gasteiger partial charge in [0.1, 0.15) is 0 Å². The molecule has 0 amide bonds. The van der Waals surface area contributed by atoms with Gasteiger partial charge in [-0.05, 0) is 50.6 Å². The van der Waals surface area contributed by atoms with E-state index >= 15 is 0 Å². The highest BCUT2D eigenvalue weighted by atomic mass is 79.9. The normalized spacial score (nSPS) is 10.6. The van der Waals surface area contributed by atoms with Gasteiger partial charge in [0.15, 0.2) is 12.4 Å². The molecule has 0 aliphatic heterocycles. The summed E-state index contributed by atoms with van der Waals surface area (Å²) in [5, 5.41) is 0. The Morgan fingerprint density at radius 1 is 1.16 bits per heavy atom. The molecule has 1 aromatic carbocycles. The molecular formula is C18H18BrNO4S. The first-order chi connectivity index (χ1) is 11.8. The maximum Gasteiger partial charge on any atom is 0.316 e. The van der Waals surface area contributed by atoms with Crippen molar-refractivity contribution in [2.75, 3.05) is 12.4 Å². The van der Waals surface area contributed by atoms with Crippen molar-refractivity contribution in [3.05, 3.63) is 51.3 Å². The lowest BCUT2D eigenvalue weighted by Gasteiger charge is -2.05. The highest BCUT2D eigenvalue weighted by Crippen LogP contribution is 2.21. The van der Waals surface area contributed by atoms with Crippen molar-refractivity contribution in [2.45, 2.75) is 25.7 Å². The number of carbonyl (C=O) groups excluding carboxylic acids is 3. The van der Waals surface area contributed by atoms with Gasteiger partial charge in [0, 0.05) is 20.6 Å². The second kappa shape index (κ2) is 8.49. The van der Waals surface area contributed by atoms with Gasteiger partial charge < -0.3 is 9.72 Å². The fourth-order valence-electron chi connectivity index (χ4n) is 2.49. The molecule has 0 unspecified atom stereocenters. The minimum absolute atomic E-state index is 0.104. The van der Waals surface area contributed by atoms with Crippen LogP contribution < -0.4 is 0 Å². The zero-order chi connectivity index (χ0) is 18.6. The zero-order valence-electron chi connectivity index (χ0n) is 14.1. The molecule has 2 rings (SSSR count). The molecule has 0 atom stereocenters. The Balaban J connectivity index is 1.89. The summed E-state index contributed by atoms with van der Waals surface area (Å²) in [6.45, 7) is 4.55. The fourth-order valence-corrected chi connectivity index (χ4v) is 3.45. The molecule has 7 heteroatoms. The van der Waals surface area contributed by atoms with Crippen LogP contribution in [-0.2, 0) is 9.53 Å². The molecule has 0 aliphatic carbocycles. The molecule has 5 nitrogen and oxygen atoms in total. The number of aromatic nitrogens is 1. The number of aryl methyl sites for hydroxylation is 1. The van der Waals surface area contributed by atoms with E-state index in [4.69, 9.17) is 4.74 Å². The van der Waals surface area contributed by atoms with Crippen molar-refractivity contribution in [3.8, 4) is 0 Å². The quantitative estimate of drug-likeness (QED) is 0.411. The molecule has 2 aromatic rings. The summed E-state index contributed by atoms with van der Waals surface area (Å²) in [5.41, 5.74) is 2.07. The van der Waals surface area contributed by atoms with E-state index in [1.807, 2.05) is 24.3 Å². The summed E-state index contributed by atoms with van der Waals surface area (Å²) < 4.78 is 6.01. The van der Waals surface area contributed by atoms with Crippen LogP contribution in [0.15, 0.2) is 33.6 Å². The molecule has 0 saturated carbocycles. The number of Topliss-reactive ketones (excluding diaryl/α,β-unsaturated/α-hetero) is 2. The molecule has 0 bridgehead atoms. The third-order valence-corrected chi connectivity index (χ3v) is 5.12. The van der Waals surface area contributed by atoms with Gasteiger partial charge in [-0.25, -0.2) is 0 Å². The third-order valence-electron chi connectivity index (χ3n) is 3.60. The maximum atomic E-state index is 12.2. The molecule has 0 fully saturated rings. The van der Waals surface area contributed by atoms with Crippen LogP contribution in [-0.4, -0.2) is 34.9 Å². The van der Waals surface area contributed by atoms with Crippen LogP contribution in [0.4, 0.5) is 0 Å². The molecule has 1 N–H and O–H groups in total. The lowest BCUT2D eigenvalue weighted by Crippen LogP contribution is -2.16. The number of ether oxygens (including phenoxy) is 1. The van der Waals surface area contributed by atoms with E-state index in [-0.39, 0.29) is 23.9 Å². The van der Waals surface area contributed by atoms with E-state index in [9.17, 15) is 14.4 Å². The summed E-state index contributed by atoms with van der Waals surface area (Å²) in [7, 11) is 0. The topological polar surface area (TPSA) is 76.2 Å². The molecule has 1 aromatic heterocycles. The van der Waals surface area contributed by atoms with Crippen molar-refractivity contribution in [1.82, 2.24) is 4.98 Å². The Morgan fingerprint density at radius 3 is 2.36 bits per heavy atom. The Labute approximate surface area is 158 Å². The third kappa shape index (κ3) is 5.06. The molecule has 0 aliphatic rings. The monoisotopic (exact) mass is 423 g/mol. The largest absolute Gasteiger partial charge is 0.457 e. The Bertz CT molecular complexity index is 811. The van der Waals surface area contributed by atoms with E-state index in [0.717, 1.165) is 9.37 Å². The van der Waals surface area contributed by atoms with Gasteiger partial charge in [-0.1, -0.05) is 15.9 Å². The first kappa shape index (κ1) is 19.5. The Morgan fingerprint density at radius 2 is 1.80 bits per heavy atom. The van der Waals surface area contributed by atoms with Crippen molar-refractivity contribution < 1.29 is 19.1 Å². The summed E-state index contributed by atoms with van der Waals surface area (Å²) in [6.07, 6.45) is 0. The molecule has 0 saturated heterocycles. The predicted octanol–water partition coefficient (Wildman–Crippen LogP) is 4.11. The average molecular weight is 424 g/mol. The summed E-state index contributed by atoms with van der Waals surface area (Å²) in [6, 6.07) is 7.56. The number of H-pyrrole nitrogens is 1. The van der Waals surface area contributed by atoms with E-state index in [2.05, 4.69) is 20.9 Å². The Kier molecular flexibility index (Phi) is 6.61. The number of hydrogen-bond donors (Lipinski definition) is 1. The molecule has 0 radical (unpaired) electrons. The molecule has 132 valence electrons. The minimum atomic E-state index is -0.464. The standard InChI is InChI=1S/C18H18BrNO4S/c1-10-17(12(3)21)11(2)20-18(10)15(22)8-24-16(23)9-25-14-6-4-13(19)5-7-14/h4-7,20H,8-9H2,1-3H3. The average Bonchev–Trinajstić information content (AvgIpc) is 2.86. The second-order valence-corrected chi connectivity index (χ2v) is 7.47. The highest BCUT2D eigenvalue weighted by Gasteiger charge is 2.20. The highest BCUT2D eigenvalue weighted by molar-refractivity contribution is 9.10. The number of carbonyl (C=O) groups is 3. The van der Waals surface area contributed by atoms with E-state index in [1.165, 1.54) is 18.7 Å². The number of thioether (sulfide) groups is 1. The SMILES string of the molecule is CC(=O)c1c(C)[nH]c(C(=O)COC(=O)CSc2ccc(Br)cc2)c1C. The van der Waals surface area contributed by atoms with Crippen molar-refractivity contribution >= 4 is 45.2 Å². The first-order valence-corrected chi connectivity index (χ1v) is 9.34. The number of benzene rings is 1. The summed E-state index contributed by atoms with van der Waals surface area (Å²) in [4.78, 5) is 39.5. The van der Waals surface area contributed by atoms with Crippen LogP contribution in [0.2, 0.25) is 0 Å². The number of hydrogen-bond acceptors (Lipinski definition) is 5. The van der Waals surface area contributed by atoms with E-state index in [1.54, 1.807) is 13.8 Å². The van der Waals surface area contributed by atoms with Crippen LogP contribution >= 0.6 is 27.7 Å². The van der Waals surface area contributed by atoms with E-state index < -0.39 is 5.97 Å². The van der Waals surface area contributed by atoms with Crippen LogP contribution in [0, 0.1) is 13.8 Å². The lowest BCUT2D eigenvalue weighted by atomic mass is 10.1. The maximum absolute atomic E-state index is 12.2. The first-order valence-electron chi connectivity index (χ1n) is 7.57. The summed E-state index contributed by atoms with van der Waals surface area (Å²) >= 11 is 4.69. The zero-order valence-corrected chi connectivity index (χ0v) is 16.5. The minimum Gasteiger partial charge on any atom is -0.457 e. The van der Waals surface area contributed by atoms with Crippen LogP contribution in [0.1, 0.15) is 39.0 Å². The lowest BCUT2D eigenvalue weighted by molar-refractivity contribution is -0.139. The van der Waals surface area contributed by atoms with Crippen molar-refractivity contribution in [2.24, 2.45) is 0 Å². The van der Waals surface area contributed by atoms with Gasteiger partial charge in [0.25, 0.3) is 0 Å². The van der Waals surface area contributed by atoms with Gasteiger partial charge in [0.2, 0.25) is 5.78 Å². The number of nitrogens with one attached hydrogen (secondary N) is 1. The van der Waals surface area contributed by atoms with Crippen molar-refractivity contribution in [3.63, 3.8) is 0 Å².